The highest BCUT2D eigenvalue weighted by atomic mass is 79.9. The van der Waals surface area contributed by atoms with Gasteiger partial charge in [-0.2, -0.15) is 0 Å². The number of pyridine rings is 1. The lowest BCUT2D eigenvalue weighted by molar-refractivity contribution is 0.620. The Morgan fingerprint density at radius 2 is 2.05 bits per heavy atom. The van der Waals surface area contributed by atoms with Crippen LogP contribution in [0.25, 0.3) is 17.0 Å². The number of hydrogen-bond donors (Lipinski definition) is 0. The van der Waals surface area contributed by atoms with E-state index in [1.807, 2.05) is 55.5 Å². The number of fused-ring (bicyclic) bond motifs is 1. The van der Waals surface area contributed by atoms with Gasteiger partial charge >= 0.3 is 0 Å². The highest BCUT2D eigenvalue weighted by Crippen LogP contribution is 2.28. The minimum Gasteiger partial charge on any atom is -0.256 e. The van der Waals surface area contributed by atoms with E-state index in [1.165, 1.54) is 0 Å². The Morgan fingerprint density at radius 1 is 1.18 bits per heavy atom. The summed E-state index contributed by atoms with van der Waals surface area (Å²) in [5.74, 6) is -0.176. The smallest absolute Gasteiger partial charge is 0.105 e. The number of aromatic nitrogens is 1. The van der Waals surface area contributed by atoms with Crippen molar-refractivity contribution in [1.29, 1.82) is 0 Å². The largest absolute Gasteiger partial charge is 0.256 e. The van der Waals surface area contributed by atoms with Gasteiger partial charge in [-0.1, -0.05) is 57.9 Å². The van der Waals surface area contributed by atoms with Crippen LogP contribution in [-0.2, 0) is 6.42 Å². The van der Waals surface area contributed by atoms with Gasteiger partial charge in [-0.05, 0) is 36.3 Å². The van der Waals surface area contributed by atoms with Gasteiger partial charge in [0.1, 0.15) is 5.83 Å². The summed E-state index contributed by atoms with van der Waals surface area (Å²) >= 11 is 3.51. The molecule has 0 aliphatic carbocycles. The lowest BCUT2D eigenvalue weighted by Crippen LogP contribution is -1.92. The van der Waals surface area contributed by atoms with Crippen molar-refractivity contribution in [2.24, 2.45) is 0 Å². The van der Waals surface area contributed by atoms with E-state index < -0.39 is 0 Å². The van der Waals surface area contributed by atoms with E-state index in [-0.39, 0.29) is 12.2 Å². The topological polar surface area (TPSA) is 12.9 Å². The second kappa shape index (κ2) is 6.41. The fraction of sp³-hybridized carbons (Fsp3) is 0.105. The van der Waals surface area contributed by atoms with E-state index in [0.29, 0.717) is 0 Å². The summed E-state index contributed by atoms with van der Waals surface area (Å²) in [6.07, 6.45) is 3.55. The molecule has 0 N–H and O–H groups in total. The van der Waals surface area contributed by atoms with Crippen molar-refractivity contribution in [2.75, 3.05) is 0 Å². The van der Waals surface area contributed by atoms with Gasteiger partial charge in [0.15, 0.2) is 0 Å². The van der Waals surface area contributed by atoms with E-state index in [2.05, 4.69) is 20.9 Å². The molecule has 3 heteroatoms. The van der Waals surface area contributed by atoms with Gasteiger partial charge in [0.05, 0.1) is 5.52 Å². The van der Waals surface area contributed by atoms with Crippen molar-refractivity contribution in [3.05, 3.63) is 81.7 Å². The fourth-order valence-electron chi connectivity index (χ4n) is 2.51. The van der Waals surface area contributed by atoms with Gasteiger partial charge in [0, 0.05) is 22.5 Å². The molecule has 1 heterocycles. The molecule has 0 unspecified atom stereocenters. The van der Waals surface area contributed by atoms with Crippen LogP contribution in [0.5, 0.6) is 0 Å². The number of rotatable bonds is 3. The number of benzene rings is 2. The van der Waals surface area contributed by atoms with Crippen LogP contribution in [0.2, 0.25) is 0 Å². The Balaban J connectivity index is 1.97. The molecule has 0 radical (unpaired) electrons. The van der Waals surface area contributed by atoms with Crippen LogP contribution in [-0.4, -0.2) is 4.98 Å². The average Bonchev–Trinajstić information content (AvgIpc) is 2.50. The molecule has 0 aliphatic heterocycles. The number of nitrogens with zero attached hydrogens (tertiary/aromatic N) is 1. The summed E-state index contributed by atoms with van der Waals surface area (Å²) in [4.78, 5) is 4.39. The van der Waals surface area contributed by atoms with Crippen molar-refractivity contribution < 1.29 is 4.39 Å². The number of allylic oxidation sites excluding steroid dienone is 1. The summed E-state index contributed by atoms with van der Waals surface area (Å²) < 4.78 is 15.3. The third-order valence-corrected chi connectivity index (χ3v) is 4.28. The van der Waals surface area contributed by atoms with Crippen LogP contribution >= 0.6 is 15.9 Å². The molecule has 3 rings (SSSR count). The van der Waals surface area contributed by atoms with Crippen LogP contribution in [0.15, 0.2) is 65.0 Å². The summed E-state index contributed by atoms with van der Waals surface area (Å²) in [5.41, 5.74) is 3.71. The molecule has 1 nitrogen and oxygen atoms in total. The SMILES string of the molecule is Cc1cccc(/C=C(\F)Cc2c(Br)ccc3cccnc23)c1. The average molecular weight is 356 g/mol. The van der Waals surface area contributed by atoms with Gasteiger partial charge < -0.3 is 0 Å². The lowest BCUT2D eigenvalue weighted by Gasteiger charge is -2.07. The molecule has 0 bridgehead atoms. The number of aryl methyl sites for hydroxylation is 1. The fourth-order valence-corrected chi connectivity index (χ4v) is 2.97. The maximum atomic E-state index is 14.4. The highest BCUT2D eigenvalue weighted by Gasteiger charge is 2.09. The zero-order chi connectivity index (χ0) is 15.5. The molecular formula is C19H15BrFN. The van der Waals surface area contributed by atoms with Crippen molar-refractivity contribution >= 4 is 32.9 Å². The number of halogens is 2. The molecule has 3 aromatic rings. The van der Waals surface area contributed by atoms with Gasteiger partial charge in [0.25, 0.3) is 0 Å². The van der Waals surface area contributed by atoms with Crippen molar-refractivity contribution in [1.82, 2.24) is 4.98 Å². The van der Waals surface area contributed by atoms with Crippen molar-refractivity contribution in [2.45, 2.75) is 13.3 Å². The third kappa shape index (κ3) is 3.25. The maximum Gasteiger partial charge on any atom is 0.105 e. The molecule has 110 valence electrons. The second-order valence-electron chi connectivity index (χ2n) is 5.28. The van der Waals surface area contributed by atoms with Gasteiger partial charge in [-0.15, -0.1) is 0 Å². The lowest BCUT2D eigenvalue weighted by atomic mass is 10.0. The number of hydrogen-bond acceptors (Lipinski definition) is 1. The van der Waals surface area contributed by atoms with E-state index >= 15 is 0 Å². The Morgan fingerprint density at radius 3 is 2.86 bits per heavy atom. The van der Waals surface area contributed by atoms with E-state index in [9.17, 15) is 4.39 Å². The molecule has 2 aromatic carbocycles. The minimum absolute atomic E-state index is 0.176. The Bertz CT molecular complexity index is 855. The molecule has 0 amide bonds. The zero-order valence-electron chi connectivity index (χ0n) is 12.2. The predicted molar refractivity (Wildman–Crippen MR) is 93.4 cm³/mol. The minimum atomic E-state index is -0.176. The first-order valence-electron chi connectivity index (χ1n) is 7.08. The first-order chi connectivity index (χ1) is 10.6. The molecule has 22 heavy (non-hydrogen) atoms. The van der Waals surface area contributed by atoms with Crippen LogP contribution in [0.1, 0.15) is 16.7 Å². The van der Waals surface area contributed by atoms with Crippen molar-refractivity contribution in [3.8, 4) is 0 Å². The second-order valence-corrected chi connectivity index (χ2v) is 6.14. The molecule has 0 spiro atoms. The summed E-state index contributed by atoms with van der Waals surface area (Å²) in [6, 6.07) is 15.6. The molecular weight excluding hydrogens is 341 g/mol. The third-order valence-electron chi connectivity index (χ3n) is 3.53. The highest BCUT2D eigenvalue weighted by molar-refractivity contribution is 9.10. The Hall–Kier alpha value is -2.00. The quantitative estimate of drug-likeness (QED) is 0.573. The Kier molecular flexibility index (Phi) is 4.34. The van der Waals surface area contributed by atoms with Crippen LogP contribution in [0, 0.1) is 6.92 Å². The first kappa shape index (κ1) is 14.9. The van der Waals surface area contributed by atoms with Gasteiger partial charge in [-0.3, -0.25) is 4.98 Å². The first-order valence-corrected chi connectivity index (χ1v) is 7.87. The molecule has 0 atom stereocenters. The molecule has 0 saturated carbocycles. The molecule has 0 fully saturated rings. The van der Waals surface area contributed by atoms with Crippen LogP contribution in [0.3, 0.4) is 0 Å². The predicted octanol–water partition coefficient (Wildman–Crippen LogP) is 5.86. The molecule has 0 saturated heterocycles. The summed E-state index contributed by atoms with van der Waals surface area (Å²) in [6.45, 7) is 2.00. The molecule has 1 aromatic heterocycles. The van der Waals surface area contributed by atoms with Gasteiger partial charge in [0.2, 0.25) is 0 Å². The normalized spacial score (nSPS) is 11.9. The Labute approximate surface area is 137 Å². The van der Waals surface area contributed by atoms with Gasteiger partial charge in [-0.25, -0.2) is 4.39 Å². The maximum absolute atomic E-state index is 14.4. The standard InChI is InChI=1S/C19H15BrFN/c1-13-4-2-5-14(10-13)11-16(21)12-17-18(20)8-7-15-6-3-9-22-19(15)17/h2-11H,12H2,1H3/b16-11-. The zero-order valence-corrected chi connectivity index (χ0v) is 13.8. The van der Waals surface area contributed by atoms with E-state index in [1.54, 1.807) is 12.3 Å². The van der Waals surface area contributed by atoms with Crippen LogP contribution in [0.4, 0.5) is 4.39 Å². The molecule has 0 aliphatic rings. The summed E-state index contributed by atoms with van der Waals surface area (Å²) in [7, 11) is 0. The van der Waals surface area contributed by atoms with E-state index in [0.717, 1.165) is 32.1 Å². The van der Waals surface area contributed by atoms with Crippen molar-refractivity contribution in [3.63, 3.8) is 0 Å². The van der Waals surface area contributed by atoms with E-state index in [4.69, 9.17) is 0 Å². The monoisotopic (exact) mass is 355 g/mol. The van der Waals surface area contributed by atoms with Crippen LogP contribution < -0.4 is 0 Å². The summed E-state index contributed by atoms with van der Waals surface area (Å²) in [5, 5.41) is 1.02.